The molecule has 0 saturated carbocycles. The minimum atomic E-state index is -0.0895. The Kier molecular flexibility index (Phi) is 7.77. The molecule has 0 unspecified atom stereocenters. The highest BCUT2D eigenvalue weighted by atomic mass is 16.3. The molecule has 1 aliphatic heterocycles. The Balaban J connectivity index is 1.26. The smallest absolute Gasteiger partial charge is 0.198 e. The van der Waals surface area contributed by atoms with Crippen molar-refractivity contribution >= 4 is 95.3 Å². The van der Waals surface area contributed by atoms with Crippen molar-refractivity contribution in [2.45, 2.75) is 104 Å². The van der Waals surface area contributed by atoms with Crippen LogP contribution < -0.4 is 16.2 Å². The number of aromatic nitrogens is 1. The monoisotopic (exact) mass is 821 g/mol. The fraction of sp³-hybridized carbons (Fsp3) is 0.276. The number of nitrogens with zero attached hydrogens (tertiary/aromatic N) is 1. The van der Waals surface area contributed by atoms with Crippen LogP contribution in [-0.4, -0.2) is 11.8 Å². The highest BCUT2D eigenvalue weighted by Gasteiger charge is 2.40. The molecule has 2 aliphatic rings. The molecule has 4 nitrogen and oxygen atoms in total. The number of anilines is 2. The number of rotatable bonds is 3. The third kappa shape index (κ3) is 5.60. The lowest BCUT2D eigenvalue weighted by molar-refractivity contribution is 0.332. The first-order valence-corrected chi connectivity index (χ1v) is 22.8. The quantitative estimate of drug-likeness (QED) is 0.181. The van der Waals surface area contributed by atoms with E-state index in [9.17, 15) is 0 Å². The first-order chi connectivity index (χ1) is 30.0. The summed E-state index contributed by atoms with van der Waals surface area (Å²) in [5.74, 6) is 0. The van der Waals surface area contributed by atoms with Gasteiger partial charge in [-0.1, -0.05) is 135 Å². The van der Waals surface area contributed by atoms with Crippen molar-refractivity contribution in [1.82, 2.24) is 4.57 Å². The zero-order valence-corrected chi connectivity index (χ0v) is 38.2. The highest BCUT2D eigenvalue weighted by Crippen LogP contribution is 2.52. The average molecular weight is 822 g/mol. The molecule has 311 valence electrons. The lowest BCUT2D eigenvalue weighted by atomic mass is 9.58. The lowest BCUT2D eigenvalue weighted by Crippen LogP contribution is -2.37. The maximum atomic E-state index is 7.27. The summed E-state index contributed by atoms with van der Waals surface area (Å²) in [5, 5.41) is 11.0. The Morgan fingerprint density at radius 3 is 1.92 bits per heavy atom. The van der Waals surface area contributed by atoms with E-state index in [-0.39, 0.29) is 21.7 Å². The van der Waals surface area contributed by atoms with Gasteiger partial charge < -0.3 is 18.7 Å². The van der Waals surface area contributed by atoms with Gasteiger partial charge in [-0.25, -0.2) is 0 Å². The van der Waals surface area contributed by atoms with Gasteiger partial charge in [-0.3, -0.25) is 0 Å². The molecule has 7 aromatic carbocycles. The van der Waals surface area contributed by atoms with Gasteiger partial charge in [0.1, 0.15) is 22.3 Å². The van der Waals surface area contributed by atoms with Crippen molar-refractivity contribution in [2.75, 3.05) is 5.32 Å². The number of para-hydroxylation sites is 2. The maximum absolute atomic E-state index is 7.27. The molecule has 3 aromatic heterocycles. The maximum Gasteiger partial charge on any atom is 0.198 e. The molecule has 0 fully saturated rings. The van der Waals surface area contributed by atoms with Crippen molar-refractivity contribution in [2.24, 2.45) is 0 Å². The Morgan fingerprint density at radius 1 is 0.587 bits per heavy atom. The fourth-order valence-corrected chi connectivity index (χ4v) is 11.0. The van der Waals surface area contributed by atoms with E-state index in [0.29, 0.717) is 0 Å². The summed E-state index contributed by atoms with van der Waals surface area (Å²) in [6.07, 6.45) is 2.30. The van der Waals surface area contributed by atoms with E-state index in [1.54, 1.807) is 0 Å². The molecule has 0 atom stereocenters. The van der Waals surface area contributed by atoms with Gasteiger partial charge in [0.15, 0.2) is 7.28 Å². The molecule has 10 aromatic rings. The van der Waals surface area contributed by atoms with Gasteiger partial charge in [0.05, 0.1) is 5.52 Å². The van der Waals surface area contributed by atoms with Crippen LogP contribution in [-0.2, 0) is 21.7 Å². The molecule has 63 heavy (non-hydrogen) atoms. The highest BCUT2D eigenvalue weighted by molar-refractivity contribution is 6.74. The van der Waals surface area contributed by atoms with E-state index in [2.05, 4.69) is 202 Å². The van der Waals surface area contributed by atoms with E-state index >= 15 is 0 Å². The molecule has 0 spiro atoms. The molecular weight excluding hydrogens is 767 g/mol. The Bertz CT molecular complexity index is 3580. The van der Waals surface area contributed by atoms with Gasteiger partial charge in [-0.2, -0.15) is 0 Å². The number of nitrogens with one attached hydrogen (secondary N) is 1. The van der Waals surface area contributed by atoms with Crippen LogP contribution in [0, 0.1) is 0 Å². The number of hydrogen-bond acceptors (Lipinski definition) is 3. The summed E-state index contributed by atoms with van der Waals surface area (Å²) in [7, 11) is 2.44. The summed E-state index contributed by atoms with van der Waals surface area (Å²) >= 11 is 0. The number of hydrogen-bond donors (Lipinski definition) is 1. The zero-order chi connectivity index (χ0) is 43.5. The second-order valence-corrected chi connectivity index (χ2v) is 21.9. The van der Waals surface area contributed by atoms with Crippen LogP contribution >= 0.6 is 0 Å². The van der Waals surface area contributed by atoms with Crippen molar-refractivity contribution in [3.8, 4) is 16.8 Å². The topological polar surface area (TPSA) is 43.2 Å². The molecule has 1 radical (unpaired) electrons. The average Bonchev–Trinajstić information content (AvgIpc) is 3.91. The summed E-state index contributed by atoms with van der Waals surface area (Å²) in [4.78, 5) is 0. The van der Waals surface area contributed by atoms with E-state index in [4.69, 9.17) is 8.83 Å². The first-order valence-electron chi connectivity index (χ1n) is 22.8. The van der Waals surface area contributed by atoms with Crippen molar-refractivity contribution < 1.29 is 8.83 Å². The van der Waals surface area contributed by atoms with E-state index in [1.165, 1.54) is 54.9 Å². The summed E-state index contributed by atoms with van der Waals surface area (Å²) in [6, 6.07) is 42.8. The Morgan fingerprint density at radius 2 is 1.22 bits per heavy atom. The fourth-order valence-electron chi connectivity index (χ4n) is 11.0. The van der Waals surface area contributed by atoms with Crippen LogP contribution in [0.5, 0.6) is 0 Å². The van der Waals surface area contributed by atoms with Gasteiger partial charge >= 0.3 is 0 Å². The summed E-state index contributed by atoms with van der Waals surface area (Å²) in [5.41, 5.74) is 19.4. The van der Waals surface area contributed by atoms with Gasteiger partial charge in [0.2, 0.25) is 0 Å². The van der Waals surface area contributed by atoms with Crippen LogP contribution in [0.4, 0.5) is 11.4 Å². The predicted octanol–water partition coefficient (Wildman–Crippen LogP) is 14.9. The summed E-state index contributed by atoms with van der Waals surface area (Å²) < 4.78 is 16.5. The van der Waals surface area contributed by atoms with E-state index in [0.717, 1.165) is 85.0 Å². The normalized spacial score (nSPS) is 15.7. The second-order valence-electron chi connectivity index (χ2n) is 21.9. The Hall–Kier alpha value is -6.20. The van der Waals surface area contributed by atoms with Gasteiger partial charge in [0, 0.05) is 72.1 Å². The molecule has 12 rings (SSSR count). The second kappa shape index (κ2) is 12.7. The van der Waals surface area contributed by atoms with Gasteiger partial charge in [-0.05, 0) is 111 Å². The van der Waals surface area contributed by atoms with E-state index in [1.807, 2.05) is 0 Å². The molecule has 1 aliphatic carbocycles. The largest absolute Gasteiger partial charge is 0.456 e. The van der Waals surface area contributed by atoms with Gasteiger partial charge in [0.25, 0.3) is 0 Å². The Labute approximate surface area is 370 Å². The number of furan rings is 2. The number of fused-ring (bicyclic) bond motifs is 13. The minimum Gasteiger partial charge on any atom is -0.456 e. The standard InChI is InChI=1S/C58H54BN2O2/c1-55(2,3)32-19-22-34(23-20-32)60-43-24-21-33(56(4,5)6)27-38(43)51-52-53-49(50-36-16-12-14-18-47(36)63-54(50)51)39-28-40-41(58(9,10)26-25-57(40,7)8)30-44(39)61(53)45-31-48-37(29-42(45)59-52)35-15-11-13-17-46(35)62-48/h11-24,27-31,60H,25-26H2,1-10H3. The van der Waals surface area contributed by atoms with Crippen LogP contribution in [0.25, 0.3) is 82.5 Å². The van der Waals surface area contributed by atoms with Gasteiger partial charge in [-0.15, -0.1) is 0 Å². The molecule has 4 heterocycles. The van der Waals surface area contributed by atoms with Crippen molar-refractivity contribution in [3.05, 3.63) is 138 Å². The minimum absolute atomic E-state index is 0.0345. The zero-order valence-electron chi connectivity index (χ0n) is 38.2. The van der Waals surface area contributed by atoms with Crippen LogP contribution in [0.3, 0.4) is 0 Å². The SMILES string of the molecule is CC(C)(C)c1ccc(Nc2ccc(C(C)(C)C)cc2-c2c3c4c(c5cc6c(cc5n4-c4cc5oc7ccccc7c5cc4[B]3)C(C)(C)CCC6(C)C)c3c2oc2ccccc23)cc1. The summed E-state index contributed by atoms with van der Waals surface area (Å²) in [6.45, 7) is 23.5. The van der Waals surface area contributed by atoms with Crippen molar-refractivity contribution in [3.63, 3.8) is 0 Å². The van der Waals surface area contributed by atoms with Crippen LogP contribution in [0.1, 0.15) is 104 Å². The number of benzene rings is 7. The van der Waals surface area contributed by atoms with Crippen molar-refractivity contribution in [1.29, 1.82) is 0 Å². The molecule has 0 bridgehead atoms. The molecule has 0 saturated heterocycles. The first kappa shape index (κ1) is 38.5. The third-order valence-corrected chi connectivity index (χ3v) is 14.8. The molecule has 5 heteroatoms. The predicted molar refractivity (Wildman–Crippen MR) is 268 cm³/mol. The molecule has 0 amide bonds. The van der Waals surface area contributed by atoms with Crippen LogP contribution in [0.15, 0.2) is 124 Å². The van der Waals surface area contributed by atoms with Crippen LogP contribution in [0.2, 0.25) is 0 Å². The third-order valence-electron chi connectivity index (χ3n) is 14.8. The van der Waals surface area contributed by atoms with E-state index < -0.39 is 0 Å². The molecular formula is C58H54BN2O2. The lowest BCUT2D eigenvalue weighted by Gasteiger charge is -2.42. The molecule has 1 N–H and O–H groups in total.